The highest BCUT2D eigenvalue weighted by Gasteiger charge is 2.37. The van der Waals surface area contributed by atoms with Crippen LogP contribution in [0.3, 0.4) is 0 Å². The quantitative estimate of drug-likeness (QED) is 0.506. The van der Waals surface area contributed by atoms with Crippen LogP contribution >= 0.6 is 0 Å². The molecule has 1 aromatic rings. The van der Waals surface area contributed by atoms with E-state index in [4.69, 9.17) is 4.74 Å². The largest absolute Gasteiger partial charge is 0.468 e. The lowest BCUT2D eigenvalue weighted by molar-refractivity contribution is -0.385. The van der Waals surface area contributed by atoms with Crippen molar-refractivity contribution in [1.29, 1.82) is 0 Å². The third-order valence-corrected chi connectivity index (χ3v) is 3.84. The number of benzene rings is 1. The van der Waals surface area contributed by atoms with Gasteiger partial charge in [0.1, 0.15) is 6.04 Å². The van der Waals surface area contributed by atoms with Crippen LogP contribution in [0.1, 0.15) is 17.5 Å². The summed E-state index contributed by atoms with van der Waals surface area (Å²) in [5.41, 5.74) is 1.40. The van der Waals surface area contributed by atoms with E-state index in [9.17, 15) is 20.0 Å². The number of ether oxygens (including phenoxy) is 1. The molecule has 0 amide bonds. The van der Waals surface area contributed by atoms with E-state index in [2.05, 4.69) is 0 Å². The molecule has 21 heavy (non-hydrogen) atoms. The molecule has 1 aliphatic heterocycles. The Labute approximate surface area is 122 Å². The number of aliphatic hydroxyl groups is 1. The van der Waals surface area contributed by atoms with Crippen LogP contribution in [-0.4, -0.2) is 46.7 Å². The smallest absolute Gasteiger partial charge is 0.323 e. The van der Waals surface area contributed by atoms with Crippen molar-refractivity contribution >= 4 is 11.7 Å². The molecule has 2 atom stereocenters. The molecule has 0 spiro atoms. The highest BCUT2D eigenvalue weighted by molar-refractivity contribution is 5.76. The fourth-order valence-electron chi connectivity index (χ4n) is 2.69. The molecule has 0 bridgehead atoms. The molecule has 7 heteroatoms. The molecule has 1 aliphatic rings. The zero-order chi connectivity index (χ0) is 15.6. The number of methoxy groups -OCH3 is 1. The average molecular weight is 294 g/mol. The second-order valence-electron chi connectivity index (χ2n) is 5.18. The first-order valence-electron chi connectivity index (χ1n) is 6.67. The van der Waals surface area contributed by atoms with Crippen LogP contribution in [-0.2, 0) is 16.1 Å². The van der Waals surface area contributed by atoms with Crippen LogP contribution in [0.2, 0.25) is 0 Å². The standard InChI is InChI=1S/C14H18N2O5/c1-9-10(4-3-5-12(9)16(19)20)7-15-8-11(17)6-13(15)14(18)21-2/h3-5,11,13,17H,6-8H2,1-2H3/t11-,13-/m1/s1. The molecular weight excluding hydrogens is 276 g/mol. The fourth-order valence-corrected chi connectivity index (χ4v) is 2.69. The van der Waals surface area contributed by atoms with Crippen molar-refractivity contribution in [2.24, 2.45) is 0 Å². The van der Waals surface area contributed by atoms with Gasteiger partial charge in [-0.2, -0.15) is 0 Å². The number of nitro groups is 1. The number of nitrogens with zero attached hydrogens (tertiary/aromatic N) is 2. The van der Waals surface area contributed by atoms with Gasteiger partial charge in [-0.1, -0.05) is 12.1 Å². The first kappa shape index (κ1) is 15.4. The zero-order valence-corrected chi connectivity index (χ0v) is 12.0. The van der Waals surface area contributed by atoms with Crippen LogP contribution in [0.25, 0.3) is 0 Å². The Bertz CT molecular complexity index is 560. The minimum absolute atomic E-state index is 0.0573. The lowest BCUT2D eigenvalue weighted by atomic mass is 10.1. The molecule has 1 saturated heterocycles. The summed E-state index contributed by atoms with van der Waals surface area (Å²) < 4.78 is 4.74. The first-order chi connectivity index (χ1) is 9.93. The lowest BCUT2D eigenvalue weighted by Crippen LogP contribution is -2.36. The SMILES string of the molecule is COC(=O)[C@H]1C[C@@H](O)CN1Cc1cccc([N+](=O)[O-])c1C. The van der Waals surface area contributed by atoms with Crippen LogP contribution < -0.4 is 0 Å². The summed E-state index contributed by atoms with van der Waals surface area (Å²) in [5.74, 6) is -0.394. The fraction of sp³-hybridized carbons (Fsp3) is 0.500. The van der Waals surface area contributed by atoms with Gasteiger partial charge in [0.05, 0.1) is 18.1 Å². The Hall–Kier alpha value is -1.99. The van der Waals surface area contributed by atoms with Crippen molar-refractivity contribution in [1.82, 2.24) is 4.90 Å². The Morgan fingerprint density at radius 1 is 1.57 bits per heavy atom. The van der Waals surface area contributed by atoms with Crippen molar-refractivity contribution in [3.05, 3.63) is 39.4 Å². The number of nitro benzene ring substituents is 1. The van der Waals surface area contributed by atoms with Crippen LogP contribution in [0.15, 0.2) is 18.2 Å². The van der Waals surface area contributed by atoms with Gasteiger partial charge >= 0.3 is 5.97 Å². The Morgan fingerprint density at radius 3 is 2.90 bits per heavy atom. The second kappa shape index (κ2) is 6.19. The Balaban J connectivity index is 2.23. The number of likely N-dealkylation sites (tertiary alicyclic amines) is 1. The van der Waals surface area contributed by atoms with Crippen molar-refractivity contribution < 1.29 is 19.6 Å². The van der Waals surface area contributed by atoms with Gasteiger partial charge < -0.3 is 9.84 Å². The van der Waals surface area contributed by atoms with E-state index < -0.39 is 23.0 Å². The summed E-state index contributed by atoms with van der Waals surface area (Å²) in [6, 6.07) is 4.36. The monoisotopic (exact) mass is 294 g/mol. The minimum atomic E-state index is -0.590. The van der Waals surface area contributed by atoms with E-state index in [0.717, 1.165) is 5.56 Å². The maximum Gasteiger partial charge on any atom is 0.323 e. The molecule has 1 aromatic carbocycles. The van der Waals surface area contributed by atoms with E-state index in [0.29, 0.717) is 25.1 Å². The average Bonchev–Trinajstić information content (AvgIpc) is 2.80. The minimum Gasteiger partial charge on any atom is -0.468 e. The third-order valence-electron chi connectivity index (χ3n) is 3.84. The summed E-state index contributed by atoms with van der Waals surface area (Å²) in [6.45, 7) is 2.40. The van der Waals surface area contributed by atoms with Crippen molar-refractivity contribution in [3.8, 4) is 0 Å². The molecular formula is C14H18N2O5. The molecule has 2 rings (SSSR count). The number of hydrogen-bond donors (Lipinski definition) is 1. The summed E-state index contributed by atoms with van der Waals surface area (Å²) in [6.07, 6.45) is -0.270. The Morgan fingerprint density at radius 2 is 2.29 bits per heavy atom. The first-order valence-corrected chi connectivity index (χ1v) is 6.67. The molecule has 0 aromatic heterocycles. The third kappa shape index (κ3) is 3.20. The predicted octanol–water partition coefficient (Wildman–Crippen LogP) is 1.01. The number of carbonyl (C=O) groups is 1. The molecule has 1 fully saturated rings. The predicted molar refractivity (Wildman–Crippen MR) is 74.7 cm³/mol. The molecule has 0 saturated carbocycles. The van der Waals surface area contributed by atoms with Gasteiger partial charge in [-0.3, -0.25) is 19.8 Å². The van der Waals surface area contributed by atoms with Crippen LogP contribution in [0.4, 0.5) is 5.69 Å². The molecule has 114 valence electrons. The molecule has 0 unspecified atom stereocenters. The number of esters is 1. The van der Waals surface area contributed by atoms with Crippen molar-refractivity contribution in [2.45, 2.75) is 32.0 Å². The molecule has 7 nitrogen and oxygen atoms in total. The van der Waals surface area contributed by atoms with Crippen LogP contribution in [0.5, 0.6) is 0 Å². The van der Waals surface area contributed by atoms with E-state index >= 15 is 0 Å². The summed E-state index contributed by atoms with van der Waals surface area (Å²) in [5, 5.41) is 20.7. The second-order valence-corrected chi connectivity index (χ2v) is 5.18. The number of rotatable bonds is 4. The van der Waals surface area contributed by atoms with Gasteiger partial charge in [0.25, 0.3) is 5.69 Å². The van der Waals surface area contributed by atoms with Crippen molar-refractivity contribution in [2.75, 3.05) is 13.7 Å². The molecule has 1 heterocycles. The topological polar surface area (TPSA) is 92.9 Å². The maximum absolute atomic E-state index is 11.7. The van der Waals surface area contributed by atoms with E-state index in [1.165, 1.54) is 13.2 Å². The normalized spacial score (nSPS) is 22.2. The summed E-state index contributed by atoms with van der Waals surface area (Å²) in [4.78, 5) is 24.1. The van der Waals surface area contributed by atoms with Gasteiger partial charge in [-0.25, -0.2) is 0 Å². The molecule has 0 radical (unpaired) electrons. The lowest BCUT2D eigenvalue weighted by Gasteiger charge is -2.22. The van der Waals surface area contributed by atoms with Crippen molar-refractivity contribution in [3.63, 3.8) is 0 Å². The number of aliphatic hydroxyl groups excluding tert-OH is 1. The number of carbonyl (C=O) groups excluding carboxylic acids is 1. The summed E-state index contributed by atoms with van der Waals surface area (Å²) in [7, 11) is 1.31. The van der Waals surface area contributed by atoms with Gasteiger partial charge in [-0.15, -0.1) is 0 Å². The zero-order valence-electron chi connectivity index (χ0n) is 12.0. The van der Waals surface area contributed by atoms with Gasteiger partial charge in [0.2, 0.25) is 0 Å². The Kier molecular flexibility index (Phi) is 4.54. The number of β-amino-alcohol motifs (C(OH)–C–C–N with tert-alkyl or cyclic N) is 1. The van der Waals surface area contributed by atoms with E-state index in [1.54, 1.807) is 24.0 Å². The molecule has 0 aliphatic carbocycles. The highest BCUT2D eigenvalue weighted by atomic mass is 16.6. The van der Waals surface area contributed by atoms with Gasteiger partial charge in [0, 0.05) is 31.1 Å². The van der Waals surface area contributed by atoms with E-state index in [-0.39, 0.29) is 5.69 Å². The molecule has 1 N–H and O–H groups in total. The maximum atomic E-state index is 11.7. The highest BCUT2D eigenvalue weighted by Crippen LogP contribution is 2.26. The van der Waals surface area contributed by atoms with E-state index in [1.807, 2.05) is 0 Å². The van der Waals surface area contributed by atoms with Crippen LogP contribution in [0, 0.1) is 17.0 Å². The number of hydrogen-bond acceptors (Lipinski definition) is 6. The summed E-state index contributed by atoms with van der Waals surface area (Å²) >= 11 is 0. The van der Waals surface area contributed by atoms with Gasteiger partial charge in [-0.05, 0) is 12.5 Å². The van der Waals surface area contributed by atoms with Gasteiger partial charge in [0.15, 0.2) is 0 Å².